The number of rotatable bonds is 5. The van der Waals surface area contributed by atoms with E-state index in [4.69, 9.17) is 22.1 Å². The molecule has 0 atom stereocenters. The lowest BCUT2D eigenvalue weighted by Gasteiger charge is -2.10. The molecule has 0 aromatic heterocycles. The predicted molar refractivity (Wildman–Crippen MR) is 67.6 cm³/mol. The zero-order chi connectivity index (χ0) is 13.1. The number of halogens is 1. The number of hydrogen-bond acceptors (Lipinski definition) is 4. The molecule has 0 aliphatic heterocycles. The van der Waals surface area contributed by atoms with Crippen molar-refractivity contribution >= 4 is 27.3 Å². The van der Waals surface area contributed by atoms with Gasteiger partial charge in [0.2, 0.25) is 10.0 Å². The first kappa shape index (κ1) is 13.8. The maximum atomic E-state index is 11.9. The Morgan fingerprint density at radius 1 is 1.59 bits per heavy atom. The largest absolute Gasteiger partial charge is 0.495 e. The average molecular weight is 277 g/mol. The van der Waals surface area contributed by atoms with Crippen molar-refractivity contribution in [1.82, 2.24) is 4.72 Å². The van der Waals surface area contributed by atoms with E-state index < -0.39 is 10.0 Å². The Hall–Kier alpha value is -1.24. The van der Waals surface area contributed by atoms with Crippen molar-refractivity contribution in [3.63, 3.8) is 0 Å². The average Bonchev–Trinajstić information content (AvgIpc) is 2.26. The van der Waals surface area contributed by atoms with Crippen LogP contribution < -0.4 is 15.2 Å². The van der Waals surface area contributed by atoms with Crippen LogP contribution in [0.3, 0.4) is 0 Å². The van der Waals surface area contributed by atoms with Crippen molar-refractivity contribution < 1.29 is 13.2 Å². The maximum Gasteiger partial charge on any atom is 0.244 e. The minimum Gasteiger partial charge on any atom is -0.495 e. The predicted octanol–water partition coefficient (Wildman–Crippen LogP) is 1.31. The summed E-state index contributed by atoms with van der Waals surface area (Å²) in [6.07, 6.45) is 0. The van der Waals surface area contributed by atoms with Gasteiger partial charge in [0.15, 0.2) is 0 Å². The lowest BCUT2D eigenvalue weighted by atomic mass is 10.3. The van der Waals surface area contributed by atoms with Crippen LogP contribution in [0.4, 0.5) is 5.69 Å². The molecular formula is C10H13ClN2O3S. The minimum absolute atomic E-state index is 0.00659. The summed E-state index contributed by atoms with van der Waals surface area (Å²) < 4.78 is 31.0. The van der Waals surface area contributed by atoms with E-state index in [0.29, 0.717) is 5.69 Å². The smallest absolute Gasteiger partial charge is 0.244 e. The summed E-state index contributed by atoms with van der Waals surface area (Å²) in [5, 5.41) is 0.197. The molecule has 0 radical (unpaired) electrons. The zero-order valence-corrected chi connectivity index (χ0v) is 10.8. The van der Waals surface area contributed by atoms with Crippen molar-refractivity contribution in [3.05, 3.63) is 29.8 Å². The van der Waals surface area contributed by atoms with E-state index in [1.807, 2.05) is 0 Å². The van der Waals surface area contributed by atoms with Gasteiger partial charge in [-0.05, 0) is 12.1 Å². The normalized spacial score (nSPS) is 11.2. The molecule has 0 aliphatic rings. The number of benzene rings is 1. The highest BCUT2D eigenvalue weighted by Crippen LogP contribution is 2.25. The highest BCUT2D eigenvalue weighted by atomic mass is 35.5. The number of methoxy groups -OCH3 is 1. The first-order valence-corrected chi connectivity index (χ1v) is 6.49. The molecular weight excluding hydrogens is 264 g/mol. The molecule has 0 fully saturated rings. The second-order valence-electron chi connectivity index (χ2n) is 3.25. The number of ether oxygens (including phenoxy) is 1. The lowest BCUT2D eigenvalue weighted by Crippen LogP contribution is -2.25. The maximum absolute atomic E-state index is 11.9. The van der Waals surface area contributed by atoms with Crippen LogP contribution in [0.2, 0.25) is 0 Å². The number of nitrogens with one attached hydrogen (secondary N) is 1. The first-order chi connectivity index (χ1) is 7.86. The van der Waals surface area contributed by atoms with Gasteiger partial charge in [-0.2, -0.15) is 0 Å². The van der Waals surface area contributed by atoms with Gasteiger partial charge >= 0.3 is 0 Å². The Labute approximate surface area is 105 Å². The van der Waals surface area contributed by atoms with E-state index in [0.717, 1.165) is 0 Å². The van der Waals surface area contributed by atoms with Crippen molar-refractivity contribution in [2.75, 3.05) is 19.4 Å². The standard InChI is InChI=1S/C10H13ClN2O3S/c1-7(11)6-13-17(14,15)10-4-3-8(12)5-9(10)16-2/h3-5,13H,1,6,12H2,2H3. The number of nitrogen functional groups attached to an aromatic ring is 1. The van der Waals surface area contributed by atoms with Gasteiger partial charge in [-0.1, -0.05) is 18.2 Å². The Kier molecular flexibility index (Phi) is 4.39. The highest BCUT2D eigenvalue weighted by Gasteiger charge is 2.19. The topological polar surface area (TPSA) is 81.4 Å². The lowest BCUT2D eigenvalue weighted by molar-refractivity contribution is 0.402. The number of anilines is 1. The van der Waals surface area contributed by atoms with Gasteiger partial charge < -0.3 is 10.5 Å². The molecule has 7 heteroatoms. The molecule has 1 aromatic carbocycles. The summed E-state index contributed by atoms with van der Waals surface area (Å²) >= 11 is 5.50. The number of sulfonamides is 1. The van der Waals surface area contributed by atoms with Crippen molar-refractivity contribution in [3.8, 4) is 5.75 Å². The van der Waals surface area contributed by atoms with Crippen LogP contribution >= 0.6 is 11.6 Å². The van der Waals surface area contributed by atoms with E-state index in [1.165, 1.54) is 25.3 Å². The Bertz CT molecular complexity index is 528. The van der Waals surface area contributed by atoms with Crippen molar-refractivity contribution in [2.45, 2.75) is 4.90 Å². The second kappa shape index (κ2) is 5.39. The fourth-order valence-corrected chi connectivity index (χ4v) is 2.48. The van der Waals surface area contributed by atoms with Crippen LogP contribution in [-0.2, 0) is 10.0 Å². The number of nitrogens with two attached hydrogens (primary N) is 1. The van der Waals surface area contributed by atoms with Crippen LogP contribution in [0.5, 0.6) is 5.75 Å². The summed E-state index contributed by atoms with van der Waals surface area (Å²) in [4.78, 5) is 0.00659. The summed E-state index contributed by atoms with van der Waals surface area (Å²) in [5.74, 6) is 0.178. The first-order valence-electron chi connectivity index (χ1n) is 4.63. The molecule has 94 valence electrons. The summed E-state index contributed by atoms with van der Waals surface area (Å²) in [5.41, 5.74) is 5.96. The van der Waals surface area contributed by atoms with Crippen LogP contribution in [0.15, 0.2) is 34.7 Å². The monoisotopic (exact) mass is 276 g/mol. The van der Waals surface area contributed by atoms with Crippen LogP contribution in [0, 0.1) is 0 Å². The fraction of sp³-hybridized carbons (Fsp3) is 0.200. The Morgan fingerprint density at radius 2 is 2.24 bits per heavy atom. The molecule has 17 heavy (non-hydrogen) atoms. The molecule has 0 amide bonds. The third-order valence-corrected chi connectivity index (χ3v) is 3.51. The quantitative estimate of drug-likeness (QED) is 0.795. The van der Waals surface area contributed by atoms with Gasteiger partial charge in [-0.15, -0.1) is 0 Å². The van der Waals surface area contributed by atoms with E-state index in [-0.39, 0.29) is 22.2 Å². The zero-order valence-electron chi connectivity index (χ0n) is 9.23. The summed E-state index contributed by atoms with van der Waals surface area (Å²) in [7, 11) is -2.32. The third kappa shape index (κ3) is 3.62. The molecule has 1 aromatic rings. The fourth-order valence-electron chi connectivity index (χ4n) is 1.16. The molecule has 3 N–H and O–H groups in total. The molecule has 0 heterocycles. The van der Waals surface area contributed by atoms with Crippen molar-refractivity contribution in [1.29, 1.82) is 0 Å². The van der Waals surface area contributed by atoms with Crippen molar-refractivity contribution in [2.24, 2.45) is 0 Å². The summed E-state index contributed by atoms with van der Waals surface area (Å²) in [6.45, 7) is 3.35. The van der Waals surface area contributed by atoms with Crippen LogP contribution in [0.25, 0.3) is 0 Å². The van der Waals surface area contributed by atoms with Gasteiger partial charge in [0.25, 0.3) is 0 Å². The third-order valence-electron chi connectivity index (χ3n) is 1.93. The molecule has 0 aliphatic carbocycles. The molecule has 0 saturated heterocycles. The van der Waals surface area contributed by atoms with Crippen LogP contribution in [-0.4, -0.2) is 22.1 Å². The van der Waals surface area contributed by atoms with Gasteiger partial charge in [0.05, 0.1) is 7.11 Å². The van der Waals surface area contributed by atoms with E-state index >= 15 is 0 Å². The minimum atomic E-state index is -3.69. The molecule has 1 rings (SSSR count). The van der Waals surface area contributed by atoms with Gasteiger partial charge in [-0.3, -0.25) is 0 Å². The Morgan fingerprint density at radius 3 is 2.76 bits per heavy atom. The highest BCUT2D eigenvalue weighted by molar-refractivity contribution is 7.89. The van der Waals surface area contributed by atoms with Gasteiger partial charge in [0.1, 0.15) is 10.6 Å². The Balaban J connectivity index is 3.10. The molecule has 0 bridgehead atoms. The van der Waals surface area contributed by atoms with Gasteiger partial charge in [0, 0.05) is 23.3 Å². The van der Waals surface area contributed by atoms with E-state index in [9.17, 15) is 8.42 Å². The molecule has 0 unspecified atom stereocenters. The molecule has 0 saturated carbocycles. The number of hydrogen-bond donors (Lipinski definition) is 2. The van der Waals surface area contributed by atoms with Crippen LogP contribution in [0.1, 0.15) is 0 Å². The van der Waals surface area contributed by atoms with E-state index in [2.05, 4.69) is 11.3 Å². The SMILES string of the molecule is C=C(Cl)CNS(=O)(=O)c1ccc(N)cc1OC. The summed E-state index contributed by atoms with van der Waals surface area (Å²) in [6, 6.07) is 4.28. The molecule has 0 spiro atoms. The van der Waals surface area contributed by atoms with E-state index in [1.54, 1.807) is 0 Å². The molecule has 5 nitrogen and oxygen atoms in total. The van der Waals surface area contributed by atoms with Gasteiger partial charge in [-0.25, -0.2) is 13.1 Å². The second-order valence-corrected chi connectivity index (χ2v) is 5.52.